The Morgan fingerprint density at radius 1 is 1.25 bits per heavy atom. The van der Waals surface area contributed by atoms with E-state index in [1.165, 1.54) is 6.33 Å². The van der Waals surface area contributed by atoms with Gasteiger partial charge in [0.25, 0.3) is 0 Å². The maximum absolute atomic E-state index is 13.4. The van der Waals surface area contributed by atoms with Gasteiger partial charge in [0.1, 0.15) is 6.33 Å². The maximum Gasteiger partial charge on any atom is 0.183 e. The summed E-state index contributed by atoms with van der Waals surface area (Å²) < 4.78 is 13.4. The van der Waals surface area contributed by atoms with Crippen LogP contribution in [0.1, 0.15) is 5.56 Å². The van der Waals surface area contributed by atoms with Crippen molar-refractivity contribution in [1.82, 2.24) is 15.0 Å². The van der Waals surface area contributed by atoms with Gasteiger partial charge in [-0.1, -0.05) is 0 Å². The second kappa shape index (κ2) is 4.65. The third-order valence-corrected chi connectivity index (χ3v) is 2.18. The first-order chi connectivity index (χ1) is 7.77. The third kappa shape index (κ3) is 2.31. The van der Waals surface area contributed by atoms with Crippen molar-refractivity contribution in [3.8, 4) is 0 Å². The quantitative estimate of drug-likeness (QED) is 0.785. The van der Waals surface area contributed by atoms with Crippen LogP contribution in [0, 0.1) is 5.82 Å². The van der Waals surface area contributed by atoms with Gasteiger partial charge in [-0.15, -0.1) is 0 Å². The Morgan fingerprint density at radius 2 is 2.00 bits per heavy atom. The smallest absolute Gasteiger partial charge is 0.183 e. The van der Waals surface area contributed by atoms with Crippen LogP contribution in [0.4, 0.5) is 10.2 Å². The zero-order valence-electron chi connectivity index (χ0n) is 8.84. The van der Waals surface area contributed by atoms with Gasteiger partial charge >= 0.3 is 0 Å². The minimum absolute atomic E-state index is 0.298. The number of aromatic nitrogens is 3. The van der Waals surface area contributed by atoms with Crippen molar-refractivity contribution < 1.29 is 4.39 Å². The summed E-state index contributed by atoms with van der Waals surface area (Å²) in [5.41, 5.74) is 1.05. The number of hydrogen-bond donors (Lipinski definition) is 0. The topological polar surface area (TPSA) is 41.9 Å². The van der Waals surface area contributed by atoms with E-state index in [0.717, 1.165) is 11.8 Å². The van der Waals surface area contributed by atoms with Crippen molar-refractivity contribution in [3.05, 3.63) is 48.4 Å². The Bertz CT molecular complexity index is 461. The predicted molar refractivity (Wildman–Crippen MR) is 58.3 cm³/mol. The van der Waals surface area contributed by atoms with Crippen LogP contribution in [-0.4, -0.2) is 22.0 Å². The van der Waals surface area contributed by atoms with Crippen LogP contribution in [0.3, 0.4) is 0 Å². The number of hydrogen-bond acceptors (Lipinski definition) is 4. The zero-order chi connectivity index (χ0) is 11.4. The molecule has 0 unspecified atom stereocenters. The van der Waals surface area contributed by atoms with Gasteiger partial charge in [0.15, 0.2) is 11.6 Å². The molecule has 0 spiro atoms. The summed E-state index contributed by atoms with van der Waals surface area (Å²) in [7, 11) is 1.78. The first-order valence-corrected chi connectivity index (χ1v) is 4.83. The Hall–Kier alpha value is -2.04. The van der Waals surface area contributed by atoms with Crippen LogP contribution < -0.4 is 4.90 Å². The van der Waals surface area contributed by atoms with Crippen LogP contribution >= 0.6 is 0 Å². The van der Waals surface area contributed by atoms with E-state index in [2.05, 4.69) is 15.0 Å². The van der Waals surface area contributed by atoms with Crippen molar-refractivity contribution in [2.24, 2.45) is 0 Å². The lowest BCUT2D eigenvalue weighted by Gasteiger charge is -2.17. The standard InChI is InChI=1S/C11H11FN4/c1-16(7-9-2-4-13-5-3-9)11-10(12)6-14-8-15-11/h2-6,8H,7H2,1H3. The molecule has 0 aliphatic rings. The average Bonchev–Trinajstić information content (AvgIpc) is 2.31. The minimum Gasteiger partial charge on any atom is -0.353 e. The lowest BCUT2D eigenvalue weighted by atomic mass is 10.2. The van der Waals surface area contributed by atoms with Gasteiger partial charge in [-0.05, 0) is 17.7 Å². The van der Waals surface area contributed by atoms with Crippen LogP contribution in [-0.2, 0) is 6.54 Å². The summed E-state index contributed by atoms with van der Waals surface area (Å²) >= 11 is 0. The highest BCUT2D eigenvalue weighted by Crippen LogP contribution is 2.14. The van der Waals surface area contributed by atoms with Gasteiger partial charge in [0, 0.05) is 26.0 Å². The van der Waals surface area contributed by atoms with E-state index in [9.17, 15) is 4.39 Å². The molecule has 0 N–H and O–H groups in total. The lowest BCUT2D eigenvalue weighted by molar-refractivity contribution is 0.607. The highest BCUT2D eigenvalue weighted by Gasteiger charge is 2.08. The van der Waals surface area contributed by atoms with Crippen molar-refractivity contribution in [1.29, 1.82) is 0 Å². The Labute approximate surface area is 92.8 Å². The summed E-state index contributed by atoms with van der Waals surface area (Å²) in [4.78, 5) is 13.2. The van der Waals surface area contributed by atoms with Crippen LogP contribution in [0.2, 0.25) is 0 Å². The number of pyridine rings is 1. The molecule has 0 aliphatic carbocycles. The van der Waals surface area contributed by atoms with Crippen LogP contribution in [0.15, 0.2) is 37.1 Å². The van der Waals surface area contributed by atoms with E-state index in [1.807, 2.05) is 12.1 Å². The molecule has 5 heteroatoms. The number of anilines is 1. The second-order valence-electron chi connectivity index (χ2n) is 3.41. The maximum atomic E-state index is 13.4. The van der Waals surface area contributed by atoms with E-state index in [1.54, 1.807) is 24.3 Å². The van der Waals surface area contributed by atoms with E-state index >= 15 is 0 Å². The molecule has 4 nitrogen and oxygen atoms in total. The fourth-order valence-corrected chi connectivity index (χ4v) is 1.42. The largest absolute Gasteiger partial charge is 0.353 e. The minimum atomic E-state index is -0.418. The Balaban J connectivity index is 2.15. The fraction of sp³-hybridized carbons (Fsp3) is 0.182. The molecule has 0 radical (unpaired) electrons. The van der Waals surface area contributed by atoms with E-state index in [-0.39, 0.29) is 0 Å². The van der Waals surface area contributed by atoms with Crippen molar-refractivity contribution in [2.45, 2.75) is 6.54 Å². The number of rotatable bonds is 3. The molecule has 2 aromatic rings. The molecule has 0 aliphatic heterocycles. The van der Waals surface area contributed by atoms with Gasteiger partial charge < -0.3 is 4.90 Å². The number of nitrogens with zero attached hydrogens (tertiary/aromatic N) is 4. The normalized spacial score (nSPS) is 10.1. The molecule has 2 aromatic heterocycles. The van der Waals surface area contributed by atoms with E-state index < -0.39 is 5.82 Å². The molecule has 2 heterocycles. The van der Waals surface area contributed by atoms with Crippen molar-refractivity contribution in [2.75, 3.05) is 11.9 Å². The summed E-state index contributed by atoms with van der Waals surface area (Å²) in [5, 5.41) is 0. The summed E-state index contributed by atoms with van der Waals surface area (Å²) in [5.74, 6) is -0.120. The van der Waals surface area contributed by atoms with E-state index in [0.29, 0.717) is 12.4 Å². The third-order valence-electron chi connectivity index (χ3n) is 2.18. The highest BCUT2D eigenvalue weighted by atomic mass is 19.1. The highest BCUT2D eigenvalue weighted by molar-refractivity contribution is 5.38. The molecule has 0 amide bonds. The molecule has 0 fully saturated rings. The molecule has 0 bridgehead atoms. The molecule has 82 valence electrons. The molecule has 2 rings (SSSR count). The monoisotopic (exact) mass is 218 g/mol. The molecule has 0 saturated carbocycles. The average molecular weight is 218 g/mol. The molecule has 0 atom stereocenters. The summed E-state index contributed by atoms with van der Waals surface area (Å²) in [6.45, 7) is 0.580. The molecular formula is C11H11FN4. The molecule has 0 aromatic carbocycles. The second-order valence-corrected chi connectivity index (χ2v) is 3.41. The van der Waals surface area contributed by atoms with Gasteiger partial charge in [0.2, 0.25) is 0 Å². The molecular weight excluding hydrogens is 207 g/mol. The van der Waals surface area contributed by atoms with Gasteiger partial charge in [-0.2, -0.15) is 0 Å². The SMILES string of the molecule is CN(Cc1ccncc1)c1ncncc1F. The number of halogens is 1. The zero-order valence-corrected chi connectivity index (χ0v) is 8.84. The summed E-state index contributed by atoms with van der Waals surface area (Å²) in [6, 6.07) is 3.77. The van der Waals surface area contributed by atoms with Crippen LogP contribution in [0.25, 0.3) is 0 Å². The summed E-state index contributed by atoms with van der Waals surface area (Å²) in [6.07, 6.45) is 5.91. The van der Waals surface area contributed by atoms with Crippen LogP contribution in [0.5, 0.6) is 0 Å². The Kier molecular flexibility index (Phi) is 3.05. The molecule has 0 saturated heterocycles. The van der Waals surface area contributed by atoms with Gasteiger partial charge in [-0.25, -0.2) is 14.4 Å². The molecule has 16 heavy (non-hydrogen) atoms. The first kappa shape index (κ1) is 10.5. The Morgan fingerprint density at radius 3 is 2.69 bits per heavy atom. The van der Waals surface area contributed by atoms with Gasteiger partial charge in [-0.3, -0.25) is 4.98 Å². The predicted octanol–water partition coefficient (Wildman–Crippen LogP) is 1.65. The first-order valence-electron chi connectivity index (χ1n) is 4.83. The van der Waals surface area contributed by atoms with Crippen molar-refractivity contribution in [3.63, 3.8) is 0 Å². The van der Waals surface area contributed by atoms with Crippen molar-refractivity contribution >= 4 is 5.82 Å². The van der Waals surface area contributed by atoms with E-state index in [4.69, 9.17) is 0 Å². The fourth-order valence-electron chi connectivity index (χ4n) is 1.42. The van der Waals surface area contributed by atoms with Gasteiger partial charge in [0.05, 0.1) is 6.20 Å². The lowest BCUT2D eigenvalue weighted by Crippen LogP contribution is -2.19.